The van der Waals surface area contributed by atoms with Crippen molar-refractivity contribution in [3.05, 3.63) is 48.3 Å². The van der Waals surface area contributed by atoms with Gasteiger partial charge in [0.25, 0.3) is 5.91 Å². The van der Waals surface area contributed by atoms with Crippen LogP contribution < -0.4 is 5.32 Å². The summed E-state index contributed by atoms with van der Waals surface area (Å²) in [7, 11) is 0. The molecule has 23 heavy (non-hydrogen) atoms. The number of carbonyl (C=O) groups is 1. The second-order valence-electron chi connectivity index (χ2n) is 6.14. The van der Waals surface area contributed by atoms with Crippen molar-refractivity contribution in [2.24, 2.45) is 0 Å². The SMILES string of the molecule is CC(C)(C)n1nccc1NC(=O)c1n[nH]nc1-c1ccccc1. The van der Waals surface area contributed by atoms with Gasteiger partial charge in [0, 0.05) is 11.6 Å². The van der Waals surface area contributed by atoms with Crippen LogP contribution in [0.25, 0.3) is 11.3 Å². The van der Waals surface area contributed by atoms with Crippen LogP contribution in [-0.2, 0) is 5.54 Å². The number of hydrogen-bond acceptors (Lipinski definition) is 4. The molecule has 0 aliphatic carbocycles. The molecule has 0 atom stereocenters. The highest BCUT2D eigenvalue weighted by atomic mass is 16.2. The normalized spacial score (nSPS) is 11.4. The molecule has 2 aromatic heterocycles. The van der Waals surface area contributed by atoms with Crippen molar-refractivity contribution in [1.29, 1.82) is 0 Å². The van der Waals surface area contributed by atoms with E-state index in [2.05, 4.69) is 25.8 Å². The smallest absolute Gasteiger partial charge is 0.279 e. The molecule has 7 nitrogen and oxygen atoms in total. The van der Waals surface area contributed by atoms with Crippen molar-refractivity contribution < 1.29 is 4.79 Å². The molecule has 1 amide bonds. The molecule has 0 bridgehead atoms. The lowest BCUT2D eigenvalue weighted by Gasteiger charge is -2.22. The average molecular weight is 310 g/mol. The third-order valence-corrected chi connectivity index (χ3v) is 3.33. The number of H-pyrrole nitrogens is 1. The fraction of sp³-hybridized carbons (Fsp3) is 0.250. The van der Waals surface area contributed by atoms with E-state index in [1.807, 2.05) is 51.1 Å². The van der Waals surface area contributed by atoms with Gasteiger partial charge in [-0.3, -0.25) is 4.79 Å². The summed E-state index contributed by atoms with van der Waals surface area (Å²) in [6.45, 7) is 6.05. The first-order chi connectivity index (χ1) is 11.0. The molecule has 0 saturated carbocycles. The van der Waals surface area contributed by atoms with Crippen LogP contribution in [0, 0.1) is 0 Å². The van der Waals surface area contributed by atoms with Gasteiger partial charge in [0.05, 0.1) is 11.7 Å². The van der Waals surface area contributed by atoms with Crippen LogP contribution >= 0.6 is 0 Å². The fourth-order valence-electron chi connectivity index (χ4n) is 2.29. The highest BCUT2D eigenvalue weighted by molar-refractivity contribution is 6.06. The van der Waals surface area contributed by atoms with Gasteiger partial charge in [0.15, 0.2) is 5.69 Å². The van der Waals surface area contributed by atoms with Crippen molar-refractivity contribution >= 4 is 11.7 Å². The molecule has 7 heteroatoms. The van der Waals surface area contributed by atoms with E-state index in [0.717, 1.165) is 5.56 Å². The third-order valence-electron chi connectivity index (χ3n) is 3.33. The minimum absolute atomic E-state index is 0.238. The van der Waals surface area contributed by atoms with Gasteiger partial charge in [0.1, 0.15) is 11.5 Å². The number of hydrogen-bond donors (Lipinski definition) is 2. The first-order valence-corrected chi connectivity index (χ1v) is 7.29. The number of benzene rings is 1. The van der Waals surface area contributed by atoms with Crippen molar-refractivity contribution in [3.63, 3.8) is 0 Å². The minimum atomic E-state index is -0.330. The molecule has 2 heterocycles. The molecule has 0 unspecified atom stereocenters. The molecule has 1 aromatic carbocycles. The molecule has 0 spiro atoms. The predicted octanol–water partition coefficient (Wildman–Crippen LogP) is 2.68. The van der Waals surface area contributed by atoms with Crippen molar-refractivity contribution in [2.45, 2.75) is 26.3 Å². The standard InChI is InChI=1S/C16H18N6O/c1-16(2,3)22-12(9-10-17-22)18-15(23)14-13(19-21-20-14)11-7-5-4-6-8-11/h4-10H,1-3H3,(H,18,23)(H,19,20,21). The Balaban J connectivity index is 1.89. The van der Waals surface area contributed by atoms with Gasteiger partial charge in [-0.2, -0.15) is 20.5 Å². The number of aromatic amines is 1. The number of rotatable bonds is 3. The summed E-state index contributed by atoms with van der Waals surface area (Å²) >= 11 is 0. The molecule has 0 radical (unpaired) electrons. The number of nitrogens with zero attached hydrogens (tertiary/aromatic N) is 4. The maximum atomic E-state index is 12.6. The molecular weight excluding hydrogens is 292 g/mol. The van der Waals surface area contributed by atoms with E-state index in [9.17, 15) is 4.79 Å². The second kappa shape index (κ2) is 5.68. The Morgan fingerprint density at radius 3 is 2.57 bits per heavy atom. The van der Waals surface area contributed by atoms with Gasteiger partial charge in [-0.1, -0.05) is 30.3 Å². The summed E-state index contributed by atoms with van der Waals surface area (Å²) in [5, 5.41) is 17.7. The Labute approximate surface area is 133 Å². The first-order valence-electron chi connectivity index (χ1n) is 7.29. The largest absolute Gasteiger partial charge is 0.305 e. The third kappa shape index (κ3) is 2.98. The van der Waals surface area contributed by atoms with Gasteiger partial charge < -0.3 is 5.32 Å². The molecule has 0 fully saturated rings. The summed E-state index contributed by atoms with van der Waals surface area (Å²) < 4.78 is 1.76. The van der Waals surface area contributed by atoms with Gasteiger partial charge >= 0.3 is 0 Å². The number of nitrogens with one attached hydrogen (secondary N) is 2. The Morgan fingerprint density at radius 1 is 1.13 bits per heavy atom. The molecule has 2 N–H and O–H groups in total. The van der Waals surface area contributed by atoms with Crippen molar-refractivity contribution in [2.75, 3.05) is 5.32 Å². The Bertz CT molecular complexity index is 812. The van der Waals surface area contributed by atoms with E-state index >= 15 is 0 Å². The van der Waals surface area contributed by atoms with E-state index < -0.39 is 0 Å². The number of carbonyl (C=O) groups excluding carboxylic acids is 1. The number of aromatic nitrogens is 5. The van der Waals surface area contributed by atoms with E-state index in [4.69, 9.17) is 0 Å². The number of amides is 1. The Morgan fingerprint density at radius 2 is 1.87 bits per heavy atom. The van der Waals surface area contributed by atoms with Crippen LogP contribution in [-0.4, -0.2) is 31.1 Å². The average Bonchev–Trinajstić information content (AvgIpc) is 3.16. The molecule has 3 aromatic rings. The summed E-state index contributed by atoms with van der Waals surface area (Å²) in [6, 6.07) is 11.2. The Hall–Kier alpha value is -2.96. The Kier molecular flexibility index (Phi) is 3.69. The zero-order valence-electron chi connectivity index (χ0n) is 13.2. The van der Waals surface area contributed by atoms with E-state index in [0.29, 0.717) is 11.5 Å². The van der Waals surface area contributed by atoms with Crippen LogP contribution in [0.4, 0.5) is 5.82 Å². The minimum Gasteiger partial charge on any atom is -0.305 e. The zero-order valence-corrected chi connectivity index (χ0v) is 13.2. The maximum Gasteiger partial charge on any atom is 0.279 e. The van der Waals surface area contributed by atoms with E-state index in [1.165, 1.54) is 0 Å². The molecule has 118 valence electrons. The van der Waals surface area contributed by atoms with Crippen LogP contribution in [0.1, 0.15) is 31.3 Å². The lowest BCUT2D eigenvalue weighted by Crippen LogP contribution is -2.27. The van der Waals surface area contributed by atoms with Crippen molar-refractivity contribution in [3.8, 4) is 11.3 Å². The lowest BCUT2D eigenvalue weighted by molar-refractivity contribution is 0.102. The van der Waals surface area contributed by atoms with Gasteiger partial charge in [-0.25, -0.2) is 4.68 Å². The fourth-order valence-corrected chi connectivity index (χ4v) is 2.29. The first kappa shape index (κ1) is 15.0. The molecule has 0 aliphatic rings. The predicted molar refractivity (Wildman–Crippen MR) is 87.0 cm³/mol. The summed E-state index contributed by atoms with van der Waals surface area (Å²) in [5.74, 6) is 0.285. The van der Waals surface area contributed by atoms with Crippen molar-refractivity contribution in [1.82, 2.24) is 25.2 Å². The highest BCUT2D eigenvalue weighted by Crippen LogP contribution is 2.22. The van der Waals surface area contributed by atoms with Gasteiger partial charge in [0.2, 0.25) is 0 Å². The van der Waals surface area contributed by atoms with Crippen LogP contribution in [0.3, 0.4) is 0 Å². The van der Waals surface area contributed by atoms with Gasteiger partial charge in [-0.05, 0) is 20.8 Å². The maximum absolute atomic E-state index is 12.6. The zero-order chi connectivity index (χ0) is 16.4. The van der Waals surface area contributed by atoms with Crippen LogP contribution in [0.15, 0.2) is 42.6 Å². The molecular formula is C16H18N6O. The molecule has 3 rings (SSSR count). The lowest BCUT2D eigenvalue weighted by atomic mass is 10.1. The molecule has 0 saturated heterocycles. The van der Waals surface area contributed by atoms with E-state index in [1.54, 1.807) is 16.9 Å². The van der Waals surface area contributed by atoms with E-state index in [-0.39, 0.29) is 17.1 Å². The summed E-state index contributed by atoms with van der Waals surface area (Å²) in [4.78, 5) is 12.6. The van der Waals surface area contributed by atoms with Crippen LogP contribution in [0.2, 0.25) is 0 Å². The topological polar surface area (TPSA) is 88.5 Å². The summed E-state index contributed by atoms with van der Waals surface area (Å²) in [5.41, 5.74) is 1.36. The molecule has 0 aliphatic heterocycles. The van der Waals surface area contributed by atoms with Gasteiger partial charge in [-0.15, -0.1) is 0 Å². The van der Waals surface area contributed by atoms with Crippen LogP contribution in [0.5, 0.6) is 0 Å². The highest BCUT2D eigenvalue weighted by Gasteiger charge is 2.22. The number of anilines is 1. The monoisotopic (exact) mass is 310 g/mol. The second-order valence-corrected chi connectivity index (χ2v) is 6.14. The quantitative estimate of drug-likeness (QED) is 0.778. The summed E-state index contributed by atoms with van der Waals surface area (Å²) in [6.07, 6.45) is 1.65.